The van der Waals surface area contributed by atoms with Crippen LogP contribution < -0.4 is 9.47 Å². The lowest BCUT2D eigenvalue weighted by Gasteiger charge is -2.42. The first-order chi connectivity index (χ1) is 27.3. The Balaban J connectivity index is 1.46. The van der Waals surface area contributed by atoms with Gasteiger partial charge in [0.05, 0.1) is 27.4 Å². The van der Waals surface area contributed by atoms with Gasteiger partial charge in [0.2, 0.25) is 0 Å². The predicted octanol–water partition coefficient (Wildman–Crippen LogP) is 9.33. The number of para-hydroxylation sites is 2. The van der Waals surface area contributed by atoms with Gasteiger partial charge in [-0.3, -0.25) is 0 Å². The Kier molecular flexibility index (Phi) is 10.7. The second kappa shape index (κ2) is 15.8. The number of fused-ring (bicyclic) bond motifs is 1. The highest BCUT2D eigenvalue weighted by molar-refractivity contribution is 6.54. The van der Waals surface area contributed by atoms with Crippen LogP contribution in [0.15, 0.2) is 170 Å². The number of rotatable bonds is 12. The third-order valence-corrected chi connectivity index (χ3v) is 12.6. The van der Waals surface area contributed by atoms with E-state index in [0.29, 0.717) is 11.5 Å². The third-order valence-electron chi connectivity index (χ3n) is 10.5. The highest BCUT2D eigenvalue weighted by atomic mass is 28.4. The summed E-state index contributed by atoms with van der Waals surface area (Å²) in [6, 6.07) is 55.9. The number of ether oxygens (including phenoxy) is 4. The zero-order valence-electron chi connectivity index (χ0n) is 32.0. The molecular weight excluding hydrogens is 721 g/mol. The van der Waals surface area contributed by atoms with Gasteiger partial charge in [-0.05, 0) is 48.2 Å². The van der Waals surface area contributed by atoms with E-state index in [2.05, 4.69) is 48.5 Å². The Hall–Kier alpha value is -5.10. The maximum absolute atomic E-state index is 7.84. The molecule has 56 heavy (non-hydrogen) atoms. The monoisotopic (exact) mass is 766 g/mol. The molecule has 0 N–H and O–H groups in total. The van der Waals surface area contributed by atoms with Gasteiger partial charge in [0, 0.05) is 11.1 Å². The van der Waals surface area contributed by atoms with Crippen molar-refractivity contribution in [2.45, 2.75) is 56.3 Å². The summed E-state index contributed by atoms with van der Waals surface area (Å²) in [5.41, 5.74) is 2.10. The second-order valence-electron chi connectivity index (χ2n) is 14.3. The molecular formula is C47H46O8Si. The van der Waals surface area contributed by atoms with E-state index < -0.39 is 38.2 Å². The van der Waals surface area contributed by atoms with Crippen LogP contribution >= 0.6 is 0 Å². The molecule has 0 amide bonds. The van der Waals surface area contributed by atoms with Crippen LogP contribution in [-0.4, -0.2) is 41.3 Å². The van der Waals surface area contributed by atoms with Crippen LogP contribution in [0, 0.1) is 0 Å². The summed E-state index contributed by atoms with van der Waals surface area (Å²) < 4.78 is 56.1. The molecule has 2 fully saturated rings. The van der Waals surface area contributed by atoms with E-state index in [1.165, 1.54) is 0 Å². The van der Waals surface area contributed by atoms with E-state index in [0.717, 1.165) is 33.4 Å². The molecule has 2 aliphatic heterocycles. The molecule has 2 atom stereocenters. The molecule has 0 spiro atoms. The van der Waals surface area contributed by atoms with Gasteiger partial charge in [0.25, 0.3) is 0 Å². The fourth-order valence-corrected chi connectivity index (χ4v) is 10.5. The minimum atomic E-state index is -4.56. The molecule has 286 valence electrons. The maximum Gasteiger partial charge on any atom is 0.682 e. The van der Waals surface area contributed by atoms with E-state index in [1.54, 1.807) is 14.2 Å². The van der Waals surface area contributed by atoms with Gasteiger partial charge in [-0.2, -0.15) is 0 Å². The average molecular weight is 767 g/mol. The molecule has 6 aromatic rings. The second-order valence-corrected chi connectivity index (χ2v) is 16.3. The van der Waals surface area contributed by atoms with Crippen molar-refractivity contribution in [2.75, 3.05) is 14.2 Å². The van der Waals surface area contributed by atoms with Crippen LogP contribution in [-0.2, 0) is 51.6 Å². The summed E-state index contributed by atoms with van der Waals surface area (Å²) in [4.78, 5) is 0. The molecule has 0 aromatic heterocycles. The van der Waals surface area contributed by atoms with Gasteiger partial charge < -0.3 is 36.7 Å². The van der Waals surface area contributed by atoms with Crippen LogP contribution in [0.25, 0.3) is 0 Å². The van der Waals surface area contributed by atoms with Crippen LogP contribution in [0.5, 0.6) is 11.5 Å². The minimum Gasteiger partial charge on any atom is -0.496 e. The molecule has 9 heteroatoms. The number of methoxy groups -OCH3 is 2. The SMILES string of the molecule is COc1ccccc1CO[Si]1(OCc2ccccc2OC)OC(c2ccccc2)(c2ccccc2)[C@@H]2OC(C)(C)O[C@H]2C(c2ccccc2)(c2ccccc2)O1. The maximum atomic E-state index is 7.84. The van der Waals surface area contributed by atoms with Crippen molar-refractivity contribution in [3.63, 3.8) is 0 Å². The number of hydrogen-bond acceptors (Lipinski definition) is 8. The quantitative estimate of drug-likeness (QED) is 0.114. The smallest absolute Gasteiger partial charge is 0.496 e. The molecule has 2 saturated heterocycles. The zero-order chi connectivity index (χ0) is 38.6. The predicted molar refractivity (Wildman–Crippen MR) is 215 cm³/mol. The lowest BCUT2D eigenvalue weighted by molar-refractivity contribution is -0.198. The zero-order valence-corrected chi connectivity index (χ0v) is 33.0. The van der Waals surface area contributed by atoms with Crippen molar-refractivity contribution in [3.8, 4) is 11.5 Å². The van der Waals surface area contributed by atoms with Gasteiger partial charge in [0.1, 0.15) is 34.9 Å². The highest BCUT2D eigenvalue weighted by Crippen LogP contribution is 2.58. The molecule has 2 heterocycles. The largest absolute Gasteiger partial charge is 0.682 e. The Bertz CT molecular complexity index is 1960. The summed E-state index contributed by atoms with van der Waals surface area (Å²) in [7, 11) is -1.27. The lowest BCUT2D eigenvalue weighted by atomic mass is 9.72. The normalized spacial score (nSPS) is 20.4. The minimum absolute atomic E-state index is 0.0457. The summed E-state index contributed by atoms with van der Waals surface area (Å²) in [6.45, 7) is 3.96. The summed E-state index contributed by atoms with van der Waals surface area (Å²) in [5, 5.41) is 0. The van der Waals surface area contributed by atoms with Crippen LogP contribution in [0.4, 0.5) is 0 Å². The van der Waals surface area contributed by atoms with Crippen molar-refractivity contribution in [2.24, 2.45) is 0 Å². The third kappa shape index (κ3) is 6.97. The molecule has 2 aliphatic rings. The number of hydrogen-bond donors (Lipinski definition) is 0. The first-order valence-corrected chi connectivity index (χ1v) is 20.5. The standard InChI is InChI=1S/C47H46O8Si/c1-45(2)52-43-44(53-45)47(39-27-13-7-14-28-39,40-29-15-8-16-30-40)55-56(50-33-35-21-17-19-31-41(35)48-3,51-34-36-22-18-20-32-42(36)49-4)54-46(43,37-23-9-5-10-24-37)38-25-11-6-12-26-38/h5-32,43-44H,33-34H2,1-4H3/t43-,44-/m1/s1. The molecule has 6 aromatic carbocycles. The highest BCUT2D eigenvalue weighted by Gasteiger charge is 2.72. The van der Waals surface area contributed by atoms with Crippen LogP contribution in [0.1, 0.15) is 47.2 Å². The van der Waals surface area contributed by atoms with Gasteiger partial charge in [-0.15, -0.1) is 0 Å². The molecule has 0 radical (unpaired) electrons. The van der Waals surface area contributed by atoms with Crippen LogP contribution in [0.2, 0.25) is 0 Å². The van der Waals surface area contributed by atoms with Gasteiger partial charge in [0.15, 0.2) is 5.79 Å². The molecule has 8 rings (SSSR count). The fourth-order valence-electron chi connectivity index (χ4n) is 7.99. The van der Waals surface area contributed by atoms with Crippen molar-refractivity contribution >= 4 is 9.05 Å². The molecule has 0 aliphatic carbocycles. The van der Waals surface area contributed by atoms with Gasteiger partial charge in [-0.1, -0.05) is 158 Å². The van der Waals surface area contributed by atoms with Crippen molar-refractivity contribution < 1.29 is 36.7 Å². The summed E-state index contributed by atoms with van der Waals surface area (Å²) in [6.07, 6.45) is -1.61. The van der Waals surface area contributed by atoms with Crippen molar-refractivity contribution in [1.29, 1.82) is 0 Å². The van der Waals surface area contributed by atoms with E-state index in [-0.39, 0.29) is 13.2 Å². The fraction of sp³-hybridized carbons (Fsp3) is 0.234. The Morgan fingerprint density at radius 1 is 0.446 bits per heavy atom. The van der Waals surface area contributed by atoms with E-state index in [4.69, 9.17) is 36.7 Å². The summed E-state index contributed by atoms with van der Waals surface area (Å²) in [5.74, 6) is 0.272. The molecule has 0 bridgehead atoms. The van der Waals surface area contributed by atoms with E-state index in [9.17, 15) is 0 Å². The average Bonchev–Trinajstić information content (AvgIpc) is 3.55. The van der Waals surface area contributed by atoms with E-state index in [1.807, 2.05) is 135 Å². The van der Waals surface area contributed by atoms with Gasteiger partial charge >= 0.3 is 9.05 Å². The molecule has 8 nitrogen and oxygen atoms in total. The molecule has 0 unspecified atom stereocenters. The Morgan fingerprint density at radius 2 is 0.750 bits per heavy atom. The lowest BCUT2D eigenvalue weighted by Crippen LogP contribution is -2.58. The first kappa shape index (κ1) is 37.8. The van der Waals surface area contributed by atoms with Crippen molar-refractivity contribution in [1.82, 2.24) is 0 Å². The van der Waals surface area contributed by atoms with Gasteiger partial charge in [-0.25, -0.2) is 0 Å². The topological polar surface area (TPSA) is 73.8 Å². The Labute approximate surface area is 330 Å². The van der Waals surface area contributed by atoms with Crippen molar-refractivity contribution in [3.05, 3.63) is 203 Å². The summed E-state index contributed by atoms with van der Waals surface area (Å²) >= 11 is 0. The van der Waals surface area contributed by atoms with E-state index >= 15 is 0 Å². The number of benzene rings is 6. The molecule has 0 saturated carbocycles. The first-order valence-electron chi connectivity index (χ1n) is 18.8. The van der Waals surface area contributed by atoms with Crippen LogP contribution in [0.3, 0.4) is 0 Å². The Morgan fingerprint density at radius 3 is 1.07 bits per heavy atom.